The normalized spacial score (nSPS) is 13.1. The first kappa shape index (κ1) is 45.0. The third-order valence-electron chi connectivity index (χ3n) is 7.83. The number of nitrogens with zero attached hydrogens (tertiary/aromatic N) is 2. The Hall–Kier alpha value is -3.03. The van der Waals surface area contributed by atoms with Gasteiger partial charge in [0.2, 0.25) is 5.91 Å². The average molecular weight is 687 g/mol. The molecule has 0 radical (unpaired) electrons. The van der Waals surface area contributed by atoms with Gasteiger partial charge < -0.3 is 38.9 Å². The summed E-state index contributed by atoms with van der Waals surface area (Å²) in [5.74, 6) is -1.36. The summed E-state index contributed by atoms with van der Waals surface area (Å²) in [6.07, 6.45) is 12.7. The van der Waals surface area contributed by atoms with Gasteiger partial charge in [0.05, 0.1) is 41.0 Å². The van der Waals surface area contributed by atoms with Crippen LogP contribution in [0.25, 0.3) is 0 Å². The van der Waals surface area contributed by atoms with Gasteiger partial charge in [-0.2, -0.15) is 0 Å². The molecule has 13 nitrogen and oxygen atoms in total. The summed E-state index contributed by atoms with van der Waals surface area (Å²) in [6, 6.07) is 0. The second-order valence-corrected chi connectivity index (χ2v) is 13.8. The van der Waals surface area contributed by atoms with Gasteiger partial charge in [0, 0.05) is 20.3 Å². The van der Waals surface area contributed by atoms with Gasteiger partial charge in [-0.25, -0.2) is 4.79 Å². The molecular weight excluding hydrogens is 620 g/mol. The van der Waals surface area contributed by atoms with Crippen LogP contribution in [0.3, 0.4) is 0 Å². The van der Waals surface area contributed by atoms with E-state index in [1.54, 1.807) is 0 Å². The van der Waals surface area contributed by atoms with Crippen LogP contribution in [0.5, 0.6) is 0 Å². The van der Waals surface area contributed by atoms with Crippen molar-refractivity contribution in [3.8, 4) is 0 Å². The lowest BCUT2D eigenvalue weighted by atomic mass is 10.0. The number of ether oxygens (including phenoxy) is 3. The van der Waals surface area contributed by atoms with Gasteiger partial charge in [-0.3, -0.25) is 19.2 Å². The first-order valence-electron chi connectivity index (χ1n) is 17.5. The van der Waals surface area contributed by atoms with Crippen LogP contribution in [0.15, 0.2) is 12.2 Å². The summed E-state index contributed by atoms with van der Waals surface area (Å²) < 4.78 is 16.4. The fourth-order valence-corrected chi connectivity index (χ4v) is 4.87. The third-order valence-corrected chi connectivity index (χ3v) is 7.83. The van der Waals surface area contributed by atoms with Crippen molar-refractivity contribution >= 4 is 29.7 Å². The summed E-state index contributed by atoms with van der Waals surface area (Å²) >= 11 is 0. The molecule has 0 aliphatic carbocycles. The number of hydrogen-bond acceptors (Lipinski definition) is 9. The fourth-order valence-electron chi connectivity index (χ4n) is 4.87. The Morgan fingerprint density at radius 2 is 1.29 bits per heavy atom. The Balaban J connectivity index is 4.21. The van der Waals surface area contributed by atoms with E-state index in [1.807, 2.05) is 34.3 Å². The highest BCUT2D eigenvalue weighted by Crippen LogP contribution is 2.16. The van der Waals surface area contributed by atoms with Crippen LogP contribution >= 0.6 is 0 Å². The lowest BCUT2D eigenvalue weighted by molar-refractivity contribution is -0.883. The zero-order valence-corrected chi connectivity index (χ0v) is 30.9. The first-order valence-corrected chi connectivity index (χ1v) is 17.5. The van der Waals surface area contributed by atoms with Crippen molar-refractivity contribution in [3.63, 3.8) is 0 Å². The number of carbonyl (C=O) groups excluding carboxylic acids is 5. The molecule has 0 aromatic carbocycles. The van der Waals surface area contributed by atoms with Gasteiger partial charge in [-0.1, -0.05) is 51.2 Å². The van der Waals surface area contributed by atoms with Gasteiger partial charge in [-0.05, 0) is 38.5 Å². The van der Waals surface area contributed by atoms with Crippen LogP contribution in [-0.2, 0) is 38.2 Å². The summed E-state index contributed by atoms with van der Waals surface area (Å²) in [5, 5.41) is 16.2. The number of allylic oxidation sites excluding steroid dienone is 1. The van der Waals surface area contributed by atoms with Crippen molar-refractivity contribution in [2.75, 3.05) is 74.3 Å². The monoisotopic (exact) mass is 686 g/mol. The Bertz CT molecular complexity index is 985. The molecule has 2 amide bonds. The number of aliphatic hydroxyl groups is 1. The maximum atomic E-state index is 12.7. The molecule has 0 spiro atoms. The minimum absolute atomic E-state index is 0.0844. The lowest BCUT2D eigenvalue weighted by Crippen LogP contribution is -2.50. The van der Waals surface area contributed by atoms with Gasteiger partial charge in [0.15, 0.2) is 13.1 Å². The second-order valence-electron chi connectivity index (χ2n) is 13.8. The quantitative estimate of drug-likeness (QED) is 0.0281. The zero-order valence-electron chi connectivity index (χ0n) is 30.9. The van der Waals surface area contributed by atoms with E-state index in [1.165, 1.54) is 13.8 Å². The Kier molecular flexibility index (Phi) is 24.3. The lowest BCUT2D eigenvalue weighted by Gasteiger charge is -2.30. The van der Waals surface area contributed by atoms with E-state index in [4.69, 9.17) is 14.2 Å². The summed E-state index contributed by atoms with van der Waals surface area (Å²) in [7, 11) is 7.49. The maximum absolute atomic E-state index is 12.7. The van der Waals surface area contributed by atoms with Crippen molar-refractivity contribution in [1.29, 1.82) is 0 Å². The molecule has 0 aliphatic heterocycles. The molecule has 48 heavy (non-hydrogen) atoms. The molecule has 13 heteroatoms. The SMILES string of the molecule is CCCCCC(OC(=O)C[N+](C)(C)CCOC(C)=O)C(O)C/C=C\CCCCCCCC(=O)NCNC(=O)C[N+](C)(C)CCOC(C)=O. The number of aliphatic hydroxyl groups excluding tert-OH is 1. The Labute approximate surface area is 288 Å². The van der Waals surface area contributed by atoms with E-state index >= 15 is 0 Å². The smallest absolute Gasteiger partial charge is 0.362 e. The van der Waals surface area contributed by atoms with Gasteiger partial charge in [0.1, 0.15) is 32.4 Å². The minimum Gasteiger partial charge on any atom is -0.460 e. The molecule has 0 aliphatic rings. The maximum Gasteiger partial charge on any atom is 0.362 e. The van der Waals surface area contributed by atoms with Crippen molar-refractivity contribution in [2.24, 2.45) is 0 Å². The fraction of sp³-hybridized carbons (Fsp3) is 0.800. The molecule has 0 fully saturated rings. The minimum atomic E-state index is -0.775. The van der Waals surface area contributed by atoms with E-state index in [9.17, 15) is 29.1 Å². The molecule has 0 rings (SSSR count). The highest BCUT2D eigenvalue weighted by Gasteiger charge is 2.27. The molecule has 278 valence electrons. The highest BCUT2D eigenvalue weighted by molar-refractivity contribution is 5.79. The average Bonchev–Trinajstić information content (AvgIpc) is 2.96. The van der Waals surface area contributed by atoms with E-state index in [0.717, 1.165) is 57.8 Å². The first-order chi connectivity index (χ1) is 22.6. The van der Waals surface area contributed by atoms with Crippen molar-refractivity contribution in [1.82, 2.24) is 10.6 Å². The zero-order chi connectivity index (χ0) is 36.4. The van der Waals surface area contributed by atoms with Crippen LogP contribution in [0, 0.1) is 0 Å². The predicted molar refractivity (Wildman–Crippen MR) is 184 cm³/mol. The molecule has 0 aromatic rings. The molecule has 0 saturated carbocycles. The molecule has 2 atom stereocenters. The summed E-state index contributed by atoms with van der Waals surface area (Å²) in [5.41, 5.74) is 0. The van der Waals surface area contributed by atoms with Gasteiger partial charge >= 0.3 is 17.9 Å². The molecule has 2 unspecified atom stereocenters. The predicted octanol–water partition coefficient (Wildman–Crippen LogP) is 2.99. The highest BCUT2D eigenvalue weighted by atomic mass is 16.6. The molecule has 0 heterocycles. The summed E-state index contributed by atoms with van der Waals surface area (Å²) in [4.78, 5) is 58.9. The number of unbranched alkanes of at least 4 members (excludes halogenated alkanes) is 7. The Morgan fingerprint density at radius 1 is 0.729 bits per heavy atom. The number of rotatable bonds is 28. The van der Waals surface area contributed by atoms with E-state index < -0.39 is 12.2 Å². The number of esters is 3. The molecule has 0 aromatic heterocycles. The van der Waals surface area contributed by atoms with Crippen molar-refractivity contribution in [3.05, 3.63) is 12.2 Å². The van der Waals surface area contributed by atoms with E-state index in [-0.39, 0.29) is 62.7 Å². The van der Waals surface area contributed by atoms with Gasteiger partial charge in [-0.15, -0.1) is 0 Å². The Morgan fingerprint density at radius 3 is 1.90 bits per heavy atom. The van der Waals surface area contributed by atoms with Crippen LogP contribution in [0.1, 0.15) is 97.8 Å². The number of likely N-dealkylation sites (N-methyl/N-ethyl adjacent to an activating group) is 2. The molecule has 3 N–H and O–H groups in total. The van der Waals surface area contributed by atoms with Crippen LogP contribution in [0.4, 0.5) is 0 Å². The van der Waals surface area contributed by atoms with Crippen molar-refractivity contribution in [2.45, 2.75) is 110 Å². The number of nitrogens with one attached hydrogen (secondary N) is 2. The van der Waals surface area contributed by atoms with E-state index in [0.29, 0.717) is 41.3 Å². The number of amides is 2. The number of carbonyl (C=O) groups is 5. The molecule has 0 bridgehead atoms. The van der Waals surface area contributed by atoms with Crippen LogP contribution in [0.2, 0.25) is 0 Å². The van der Waals surface area contributed by atoms with Crippen LogP contribution in [-0.4, -0.2) is 130 Å². The third kappa shape index (κ3) is 27.0. The summed E-state index contributed by atoms with van der Waals surface area (Å²) in [6.45, 7) is 6.70. The van der Waals surface area contributed by atoms with Crippen LogP contribution < -0.4 is 10.6 Å². The second kappa shape index (κ2) is 25.9. The molecule has 0 saturated heterocycles. The molecular formula is C35H66N4O9+2. The van der Waals surface area contributed by atoms with Crippen molar-refractivity contribution < 1.29 is 52.3 Å². The number of quaternary nitrogens is 2. The number of hydrogen-bond donors (Lipinski definition) is 3. The topological polar surface area (TPSA) is 157 Å². The largest absolute Gasteiger partial charge is 0.460 e. The van der Waals surface area contributed by atoms with E-state index in [2.05, 4.69) is 23.6 Å². The standard InChI is InChI=1S/C35H64N4O9/c1-8-9-16-20-32(48-35(45)27-39(6,7)23-25-47-30(3)41)31(42)19-17-14-12-10-11-13-15-18-21-33(43)36-28-37-34(44)26-38(4,5)22-24-46-29(2)40/h14,17,31-32,42H,8-13,15-16,18-28H2,1-7H3/p+2/b17-14-. The van der Waals surface area contributed by atoms with Gasteiger partial charge in [0.25, 0.3) is 5.91 Å².